The van der Waals surface area contributed by atoms with Gasteiger partial charge in [0.2, 0.25) is 0 Å². The lowest BCUT2D eigenvalue weighted by Gasteiger charge is -2.13. The van der Waals surface area contributed by atoms with Crippen LogP contribution in [0.1, 0.15) is 23.1 Å². The third-order valence-electron chi connectivity index (χ3n) is 3.58. The largest absolute Gasteiger partial charge is 0.455 e. The lowest BCUT2D eigenvalue weighted by molar-refractivity contribution is 0.480. The van der Waals surface area contributed by atoms with Gasteiger partial charge in [-0.25, -0.2) is 0 Å². The zero-order valence-corrected chi connectivity index (χ0v) is 11.6. The highest BCUT2D eigenvalue weighted by molar-refractivity contribution is 6.30. The van der Waals surface area contributed by atoms with Crippen molar-refractivity contribution in [2.75, 3.05) is 5.73 Å². The number of hydrogen-bond donors (Lipinski definition) is 1. The quantitative estimate of drug-likeness (QED) is 0.817. The van der Waals surface area contributed by atoms with Gasteiger partial charge in [-0.3, -0.25) is 0 Å². The Hall–Kier alpha value is -1.67. The average molecular weight is 274 g/mol. The molecule has 1 aliphatic rings. The number of anilines is 1. The van der Waals surface area contributed by atoms with Crippen LogP contribution in [0.3, 0.4) is 0 Å². The molecule has 0 heterocycles. The molecule has 2 N–H and O–H groups in total. The summed E-state index contributed by atoms with van der Waals surface area (Å²) in [7, 11) is 0. The molecule has 0 amide bonds. The van der Waals surface area contributed by atoms with Gasteiger partial charge in [0.05, 0.1) is 5.69 Å². The molecular weight excluding hydrogens is 258 g/mol. The van der Waals surface area contributed by atoms with E-state index in [1.807, 2.05) is 31.2 Å². The standard InChI is InChI=1S/C16H16ClNO/c1-10-7-13(17)5-6-15(10)19-16-9-12-4-2-3-11(12)8-14(16)18/h5-9H,2-4,18H2,1H3. The van der Waals surface area contributed by atoms with Crippen molar-refractivity contribution in [3.8, 4) is 11.5 Å². The molecule has 0 atom stereocenters. The number of aryl methyl sites for hydroxylation is 3. The Morgan fingerprint density at radius 2 is 1.79 bits per heavy atom. The van der Waals surface area contributed by atoms with Gasteiger partial charge < -0.3 is 10.5 Å². The molecule has 0 saturated heterocycles. The smallest absolute Gasteiger partial charge is 0.150 e. The topological polar surface area (TPSA) is 35.2 Å². The number of benzene rings is 2. The molecule has 0 fully saturated rings. The predicted molar refractivity (Wildman–Crippen MR) is 79.1 cm³/mol. The molecule has 3 heteroatoms. The van der Waals surface area contributed by atoms with Crippen LogP contribution >= 0.6 is 11.6 Å². The molecule has 98 valence electrons. The Labute approximate surface area is 118 Å². The van der Waals surface area contributed by atoms with Gasteiger partial charge in [0.25, 0.3) is 0 Å². The molecule has 1 aliphatic carbocycles. The summed E-state index contributed by atoms with van der Waals surface area (Å²) >= 11 is 5.95. The summed E-state index contributed by atoms with van der Waals surface area (Å²) in [5.41, 5.74) is 10.5. The number of hydrogen-bond acceptors (Lipinski definition) is 2. The normalized spacial score (nSPS) is 13.4. The summed E-state index contributed by atoms with van der Waals surface area (Å²) in [5, 5.41) is 0.715. The van der Waals surface area contributed by atoms with Gasteiger partial charge in [0.15, 0.2) is 5.75 Å². The van der Waals surface area contributed by atoms with Gasteiger partial charge >= 0.3 is 0 Å². The van der Waals surface area contributed by atoms with Crippen molar-refractivity contribution in [3.63, 3.8) is 0 Å². The Balaban J connectivity index is 1.95. The highest BCUT2D eigenvalue weighted by Crippen LogP contribution is 2.35. The zero-order chi connectivity index (χ0) is 13.4. The van der Waals surface area contributed by atoms with Crippen LogP contribution in [0.5, 0.6) is 11.5 Å². The average Bonchev–Trinajstić information content (AvgIpc) is 2.80. The van der Waals surface area contributed by atoms with E-state index < -0.39 is 0 Å². The lowest BCUT2D eigenvalue weighted by Crippen LogP contribution is -1.96. The maximum absolute atomic E-state index is 6.07. The second-order valence-corrected chi connectivity index (χ2v) is 5.46. The van der Waals surface area contributed by atoms with E-state index in [0.29, 0.717) is 10.7 Å². The summed E-state index contributed by atoms with van der Waals surface area (Å²) in [6, 6.07) is 9.72. The van der Waals surface area contributed by atoms with Gasteiger partial charge in [-0.15, -0.1) is 0 Å². The molecule has 0 aromatic heterocycles. The number of nitrogen functional groups attached to an aromatic ring is 1. The zero-order valence-electron chi connectivity index (χ0n) is 10.9. The van der Waals surface area contributed by atoms with Crippen molar-refractivity contribution in [2.24, 2.45) is 0 Å². The van der Waals surface area contributed by atoms with Gasteiger partial charge in [-0.05, 0) is 73.2 Å². The van der Waals surface area contributed by atoms with Crippen molar-refractivity contribution >= 4 is 17.3 Å². The van der Waals surface area contributed by atoms with E-state index >= 15 is 0 Å². The first-order valence-electron chi connectivity index (χ1n) is 6.49. The molecule has 0 unspecified atom stereocenters. The molecule has 0 radical (unpaired) electrons. The molecule has 0 spiro atoms. The van der Waals surface area contributed by atoms with Crippen LogP contribution in [-0.4, -0.2) is 0 Å². The Kier molecular flexibility index (Phi) is 3.11. The second kappa shape index (κ2) is 4.78. The molecule has 0 saturated carbocycles. The fourth-order valence-corrected chi connectivity index (χ4v) is 2.78. The summed E-state index contributed by atoms with van der Waals surface area (Å²) in [5.74, 6) is 1.54. The minimum Gasteiger partial charge on any atom is -0.455 e. The molecular formula is C16H16ClNO. The van der Waals surface area contributed by atoms with E-state index in [2.05, 4.69) is 6.07 Å². The van der Waals surface area contributed by atoms with E-state index in [-0.39, 0.29) is 0 Å². The Morgan fingerprint density at radius 1 is 1.05 bits per heavy atom. The SMILES string of the molecule is Cc1cc(Cl)ccc1Oc1cc2c(cc1N)CCC2. The van der Waals surface area contributed by atoms with Crippen LogP contribution in [-0.2, 0) is 12.8 Å². The minimum atomic E-state index is 0.704. The second-order valence-electron chi connectivity index (χ2n) is 5.02. The molecule has 2 aromatic carbocycles. The van der Waals surface area contributed by atoms with Crippen LogP contribution in [0.15, 0.2) is 30.3 Å². The molecule has 0 aliphatic heterocycles. The van der Waals surface area contributed by atoms with Crippen LogP contribution < -0.4 is 10.5 Å². The highest BCUT2D eigenvalue weighted by atomic mass is 35.5. The Morgan fingerprint density at radius 3 is 2.53 bits per heavy atom. The van der Waals surface area contributed by atoms with Gasteiger partial charge in [-0.1, -0.05) is 11.6 Å². The number of ether oxygens (including phenoxy) is 1. The molecule has 2 aromatic rings. The molecule has 0 bridgehead atoms. The summed E-state index contributed by atoms with van der Waals surface area (Å²) in [6.45, 7) is 1.98. The predicted octanol–water partition coefficient (Wildman–Crippen LogP) is 4.51. The number of rotatable bonds is 2. The first-order valence-corrected chi connectivity index (χ1v) is 6.86. The van der Waals surface area contributed by atoms with Crippen molar-refractivity contribution < 1.29 is 4.74 Å². The van der Waals surface area contributed by atoms with Gasteiger partial charge in [0, 0.05) is 5.02 Å². The first-order chi connectivity index (χ1) is 9.13. The third kappa shape index (κ3) is 2.41. The van der Waals surface area contributed by atoms with E-state index in [9.17, 15) is 0 Å². The van der Waals surface area contributed by atoms with Gasteiger partial charge in [0.1, 0.15) is 5.75 Å². The van der Waals surface area contributed by atoms with Gasteiger partial charge in [-0.2, -0.15) is 0 Å². The lowest BCUT2D eigenvalue weighted by atomic mass is 10.1. The fourth-order valence-electron chi connectivity index (χ4n) is 2.55. The summed E-state index contributed by atoms with van der Waals surface area (Å²) in [4.78, 5) is 0. The molecule has 19 heavy (non-hydrogen) atoms. The van der Waals surface area contributed by atoms with Crippen LogP contribution in [0.25, 0.3) is 0 Å². The van der Waals surface area contributed by atoms with E-state index in [4.69, 9.17) is 22.1 Å². The fraction of sp³-hybridized carbons (Fsp3) is 0.250. The van der Waals surface area contributed by atoms with Crippen LogP contribution in [0, 0.1) is 6.92 Å². The first kappa shape index (κ1) is 12.4. The minimum absolute atomic E-state index is 0.704. The highest BCUT2D eigenvalue weighted by Gasteiger charge is 2.15. The maximum atomic E-state index is 6.07. The van der Waals surface area contributed by atoms with Crippen LogP contribution in [0.2, 0.25) is 5.02 Å². The maximum Gasteiger partial charge on any atom is 0.150 e. The summed E-state index contributed by atoms with van der Waals surface area (Å²) in [6.07, 6.45) is 3.45. The monoisotopic (exact) mass is 273 g/mol. The number of halogens is 1. The third-order valence-corrected chi connectivity index (χ3v) is 3.82. The van der Waals surface area contributed by atoms with E-state index in [0.717, 1.165) is 29.9 Å². The van der Waals surface area contributed by atoms with Crippen molar-refractivity contribution in [1.82, 2.24) is 0 Å². The van der Waals surface area contributed by atoms with E-state index in [1.54, 1.807) is 0 Å². The van der Waals surface area contributed by atoms with E-state index in [1.165, 1.54) is 17.5 Å². The van der Waals surface area contributed by atoms with Crippen LogP contribution in [0.4, 0.5) is 5.69 Å². The summed E-state index contributed by atoms with van der Waals surface area (Å²) < 4.78 is 5.94. The molecule has 2 nitrogen and oxygen atoms in total. The van der Waals surface area contributed by atoms with Crippen molar-refractivity contribution in [3.05, 3.63) is 52.0 Å². The van der Waals surface area contributed by atoms with Crippen molar-refractivity contribution in [2.45, 2.75) is 26.2 Å². The molecule has 3 rings (SSSR count). The number of fused-ring (bicyclic) bond motifs is 1. The number of nitrogens with two attached hydrogens (primary N) is 1. The van der Waals surface area contributed by atoms with Crippen molar-refractivity contribution in [1.29, 1.82) is 0 Å². The Bertz CT molecular complexity index is 637.